The third-order valence-electron chi connectivity index (χ3n) is 7.74. The van der Waals surface area contributed by atoms with Crippen molar-refractivity contribution in [3.05, 3.63) is 54.8 Å². The van der Waals surface area contributed by atoms with Gasteiger partial charge < -0.3 is 14.9 Å². The molecule has 11 nitrogen and oxygen atoms in total. The number of carbonyl (C=O) groups excluding carboxylic acids is 1. The Hall–Kier alpha value is -4.20. The van der Waals surface area contributed by atoms with Crippen LogP contribution < -0.4 is 0 Å². The zero-order valence-electron chi connectivity index (χ0n) is 21.7. The zero-order valence-corrected chi connectivity index (χ0v) is 21.7. The summed E-state index contributed by atoms with van der Waals surface area (Å²) < 4.78 is 41.0. The highest BCUT2D eigenvalue weighted by Gasteiger charge is 2.48. The number of aromatic amines is 1. The van der Waals surface area contributed by atoms with E-state index in [0.717, 1.165) is 60.8 Å². The van der Waals surface area contributed by atoms with Gasteiger partial charge in [-0.25, -0.2) is 19.9 Å². The molecule has 0 unspecified atom stereocenters. The molecule has 0 aliphatic carbocycles. The SMILES string of the molecule is CN=CCC1(n2cc(-c3ncnc4[nH]ccc34)cn2)CN(C2CCN(C(=O)c3ccnc(C(F)(F)F)n3)CC2)C1. The summed E-state index contributed by atoms with van der Waals surface area (Å²) in [5.41, 5.74) is 1.99. The summed E-state index contributed by atoms with van der Waals surface area (Å²) >= 11 is 0. The fraction of sp³-hybridized carbons (Fsp3) is 0.423. The first-order chi connectivity index (χ1) is 19.3. The molecule has 0 saturated carbocycles. The number of alkyl halides is 3. The minimum atomic E-state index is -4.70. The molecule has 2 fully saturated rings. The van der Waals surface area contributed by atoms with Crippen molar-refractivity contribution in [2.45, 2.75) is 37.0 Å². The minimum absolute atomic E-state index is 0.238. The third kappa shape index (κ3) is 4.72. The summed E-state index contributed by atoms with van der Waals surface area (Å²) in [7, 11) is 1.75. The Morgan fingerprint density at radius 2 is 2.00 bits per heavy atom. The molecule has 2 saturated heterocycles. The first-order valence-corrected chi connectivity index (χ1v) is 13.0. The number of hydrogen-bond acceptors (Lipinski definition) is 8. The van der Waals surface area contributed by atoms with Gasteiger partial charge in [0, 0.05) is 81.4 Å². The van der Waals surface area contributed by atoms with Crippen molar-refractivity contribution in [1.29, 1.82) is 0 Å². The highest BCUT2D eigenvalue weighted by Crippen LogP contribution is 2.37. The van der Waals surface area contributed by atoms with Crippen LogP contribution in [0.1, 0.15) is 35.6 Å². The summed E-state index contributed by atoms with van der Waals surface area (Å²) in [4.78, 5) is 39.6. The normalized spacial score (nSPS) is 18.4. The second kappa shape index (κ2) is 10.1. The quantitative estimate of drug-likeness (QED) is 0.365. The van der Waals surface area contributed by atoms with Gasteiger partial charge in [0.2, 0.25) is 5.82 Å². The van der Waals surface area contributed by atoms with E-state index in [4.69, 9.17) is 5.10 Å². The van der Waals surface area contributed by atoms with Crippen molar-refractivity contribution in [3.8, 4) is 11.3 Å². The lowest BCUT2D eigenvalue weighted by molar-refractivity contribution is -0.145. The first-order valence-electron chi connectivity index (χ1n) is 13.0. The van der Waals surface area contributed by atoms with E-state index >= 15 is 0 Å². The molecule has 40 heavy (non-hydrogen) atoms. The van der Waals surface area contributed by atoms with Crippen molar-refractivity contribution in [2.75, 3.05) is 33.2 Å². The number of hydrogen-bond donors (Lipinski definition) is 1. The second-order valence-electron chi connectivity index (χ2n) is 10.2. The summed E-state index contributed by atoms with van der Waals surface area (Å²) in [6.45, 7) is 2.42. The summed E-state index contributed by atoms with van der Waals surface area (Å²) in [6, 6.07) is 3.43. The monoisotopic (exact) mass is 552 g/mol. The van der Waals surface area contributed by atoms with Gasteiger partial charge in [-0.1, -0.05) is 0 Å². The Morgan fingerprint density at radius 3 is 2.75 bits per heavy atom. The molecule has 0 spiro atoms. The number of rotatable bonds is 6. The molecule has 0 atom stereocenters. The van der Waals surface area contributed by atoms with Crippen LogP contribution >= 0.6 is 0 Å². The lowest BCUT2D eigenvalue weighted by atomic mass is 9.83. The molecule has 2 aliphatic rings. The van der Waals surface area contributed by atoms with Crippen LogP contribution in [0.3, 0.4) is 0 Å². The van der Waals surface area contributed by atoms with E-state index in [-0.39, 0.29) is 17.3 Å². The number of piperidine rings is 1. The third-order valence-corrected chi connectivity index (χ3v) is 7.74. The molecule has 2 aliphatic heterocycles. The molecule has 6 heterocycles. The van der Waals surface area contributed by atoms with Gasteiger partial charge in [-0.3, -0.25) is 14.4 Å². The van der Waals surface area contributed by atoms with Gasteiger partial charge in [0.15, 0.2) is 0 Å². The Kier molecular flexibility index (Phi) is 6.56. The van der Waals surface area contributed by atoms with E-state index in [1.165, 1.54) is 12.4 Å². The number of aromatic nitrogens is 7. The Morgan fingerprint density at radius 1 is 1.20 bits per heavy atom. The largest absolute Gasteiger partial charge is 0.451 e. The summed E-state index contributed by atoms with van der Waals surface area (Å²) in [5, 5.41) is 5.65. The van der Waals surface area contributed by atoms with E-state index in [1.54, 1.807) is 11.9 Å². The van der Waals surface area contributed by atoms with Gasteiger partial charge >= 0.3 is 6.18 Å². The lowest BCUT2D eigenvalue weighted by Gasteiger charge is -2.54. The Bertz CT molecular complexity index is 1550. The molecule has 4 aromatic rings. The van der Waals surface area contributed by atoms with E-state index in [9.17, 15) is 18.0 Å². The highest BCUT2D eigenvalue weighted by molar-refractivity contribution is 5.92. The van der Waals surface area contributed by atoms with Gasteiger partial charge in [-0.15, -0.1) is 0 Å². The number of nitrogens with zero attached hydrogens (tertiary/aromatic N) is 9. The summed E-state index contributed by atoms with van der Waals surface area (Å²) in [5.74, 6) is -1.81. The molecule has 4 aromatic heterocycles. The van der Waals surface area contributed by atoms with Gasteiger partial charge in [0.1, 0.15) is 17.7 Å². The fourth-order valence-corrected chi connectivity index (χ4v) is 5.61. The fourth-order valence-electron chi connectivity index (χ4n) is 5.61. The maximum absolute atomic E-state index is 13.0. The molecule has 208 valence electrons. The minimum Gasteiger partial charge on any atom is -0.346 e. The maximum atomic E-state index is 13.0. The van der Waals surface area contributed by atoms with Gasteiger partial charge in [0.05, 0.1) is 17.4 Å². The van der Waals surface area contributed by atoms with E-state index in [1.807, 2.05) is 35.6 Å². The van der Waals surface area contributed by atoms with Crippen molar-refractivity contribution in [2.24, 2.45) is 4.99 Å². The number of aliphatic imine (C=N–C) groups is 1. The van der Waals surface area contributed by atoms with Gasteiger partial charge in [-0.05, 0) is 25.0 Å². The van der Waals surface area contributed by atoms with Crippen LogP contribution in [0.25, 0.3) is 22.3 Å². The molecule has 0 bridgehead atoms. The van der Waals surface area contributed by atoms with Gasteiger partial charge in [0.25, 0.3) is 5.91 Å². The van der Waals surface area contributed by atoms with Crippen molar-refractivity contribution in [3.63, 3.8) is 0 Å². The molecule has 0 radical (unpaired) electrons. The number of carbonyl (C=O) groups is 1. The Balaban J connectivity index is 1.12. The smallest absolute Gasteiger partial charge is 0.346 e. The number of halogens is 3. The molecule has 1 amide bonds. The molecule has 1 N–H and O–H groups in total. The number of nitrogens with one attached hydrogen (secondary N) is 1. The number of fused-ring (bicyclic) bond motifs is 1. The first kappa shape index (κ1) is 26.0. The second-order valence-corrected chi connectivity index (χ2v) is 10.2. The predicted molar refractivity (Wildman–Crippen MR) is 140 cm³/mol. The van der Waals surface area contributed by atoms with Crippen LogP contribution in [-0.4, -0.2) is 95.9 Å². The van der Waals surface area contributed by atoms with Crippen LogP contribution in [0.4, 0.5) is 13.2 Å². The van der Waals surface area contributed by atoms with E-state index < -0.39 is 17.9 Å². The van der Waals surface area contributed by atoms with E-state index in [0.29, 0.717) is 13.1 Å². The lowest BCUT2D eigenvalue weighted by Crippen LogP contribution is -2.66. The molecule has 6 rings (SSSR count). The van der Waals surface area contributed by atoms with Crippen LogP contribution in [0.15, 0.2) is 48.2 Å². The van der Waals surface area contributed by atoms with Crippen molar-refractivity contribution in [1.82, 2.24) is 44.5 Å². The average molecular weight is 553 g/mol. The van der Waals surface area contributed by atoms with Crippen molar-refractivity contribution >= 4 is 23.2 Å². The average Bonchev–Trinajstić information content (AvgIpc) is 3.62. The highest BCUT2D eigenvalue weighted by atomic mass is 19.4. The van der Waals surface area contributed by atoms with Crippen LogP contribution in [0, 0.1) is 0 Å². The molecule has 14 heteroatoms. The predicted octanol–water partition coefficient (Wildman–Crippen LogP) is 3.04. The topological polar surface area (TPSA) is 121 Å². The number of likely N-dealkylation sites (tertiary alicyclic amines) is 2. The molecular weight excluding hydrogens is 525 g/mol. The van der Waals surface area contributed by atoms with Crippen LogP contribution in [0.5, 0.6) is 0 Å². The van der Waals surface area contributed by atoms with Crippen LogP contribution in [0.2, 0.25) is 0 Å². The number of H-pyrrole nitrogens is 1. The maximum Gasteiger partial charge on any atom is 0.451 e. The number of amides is 1. The summed E-state index contributed by atoms with van der Waals surface area (Å²) in [6.07, 6.45) is 7.56. The Labute approximate surface area is 227 Å². The van der Waals surface area contributed by atoms with Crippen molar-refractivity contribution < 1.29 is 18.0 Å². The standard InChI is InChI=1S/C26H27F3N10O/c1-30-9-6-25(39-13-17(12-35-39)21-19-2-7-31-22(19)34-16-33-21)14-38(15-25)18-4-10-37(11-5-18)23(40)20-3-8-32-24(36-20)26(27,28)29/h2-3,7-9,12-13,16,18H,4-6,10-11,14-15H2,1H3,(H,31,33,34). The van der Waals surface area contributed by atoms with Gasteiger partial charge in [-0.2, -0.15) is 18.3 Å². The zero-order chi connectivity index (χ0) is 27.9. The van der Waals surface area contributed by atoms with Crippen LogP contribution in [-0.2, 0) is 11.7 Å². The van der Waals surface area contributed by atoms with E-state index in [2.05, 4.69) is 34.8 Å². The molecular formula is C26H27F3N10O. The molecule has 0 aromatic carbocycles.